The molecule has 4 N–H and O–H groups in total. The number of amides is 1. The second-order valence-electron chi connectivity index (χ2n) is 3.91. The van der Waals surface area contributed by atoms with E-state index in [4.69, 9.17) is 5.84 Å². The quantitative estimate of drug-likeness (QED) is 0.377. The third-order valence-corrected chi connectivity index (χ3v) is 2.97. The largest absolute Gasteiger partial charge is 0.315 e. The fourth-order valence-electron chi connectivity index (χ4n) is 2.02. The highest BCUT2D eigenvalue weighted by Crippen LogP contribution is 2.29. The molecule has 5 nitrogen and oxygen atoms in total. The second-order valence-corrected chi connectivity index (χ2v) is 3.91. The molecule has 0 spiro atoms. The lowest BCUT2D eigenvalue weighted by molar-refractivity contribution is -0.117. The first kappa shape index (κ1) is 11.1. The van der Waals surface area contributed by atoms with Crippen LogP contribution in [0, 0.1) is 0 Å². The number of rotatable bonds is 3. The van der Waals surface area contributed by atoms with Gasteiger partial charge < -0.3 is 10.2 Å². The molecule has 2 rings (SSSR count). The summed E-state index contributed by atoms with van der Waals surface area (Å²) in [7, 11) is 3.62. The van der Waals surface area contributed by atoms with Crippen LogP contribution in [0.3, 0.4) is 0 Å². The molecule has 0 aromatic heterocycles. The average Bonchev–Trinajstić information content (AvgIpc) is 2.56. The van der Waals surface area contributed by atoms with Gasteiger partial charge in [0, 0.05) is 12.7 Å². The number of hydrazine groups is 1. The number of hydrogen-bond acceptors (Lipinski definition) is 4. The van der Waals surface area contributed by atoms with Crippen molar-refractivity contribution >= 4 is 11.6 Å². The Labute approximate surface area is 94.6 Å². The van der Waals surface area contributed by atoms with Gasteiger partial charge >= 0.3 is 0 Å². The van der Waals surface area contributed by atoms with Gasteiger partial charge in [-0.25, -0.2) is 5.43 Å². The van der Waals surface area contributed by atoms with Crippen molar-refractivity contribution in [1.29, 1.82) is 0 Å². The summed E-state index contributed by atoms with van der Waals surface area (Å²) in [5, 5.41) is 3.05. The van der Waals surface area contributed by atoms with Crippen LogP contribution >= 0.6 is 0 Å². The van der Waals surface area contributed by atoms with Gasteiger partial charge in [0.05, 0.1) is 12.6 Å². The minimum Gasteiger partial charge on any atom is -0.315 e. The lowest BCUT2D eigenvalue weighted by Crippen LogP contribution is -2.36. The van der Waals surface area contributed by atoms with Gasteiger partial charge in [-0.05, 0) is 24.2 Å². The molecular formula is C11H16N4O. The number of nitrogens with two attached hydrogens (primary N) is 1. The molecule has 0 aliphatic carbocycles. The first-order valence-corrected chi connectivity index (χ1v) is 5.20. The lowest BCUT2D eigenvalue weighted by atomic mass is 10.1. The summed E-state index contributed by atoms with van der Waals surface area (Å²) < 4.78 is 0. The van der Waals surface area contributed by atoms with Crippen molar-refractivity contribution in [2.45, 2.75) is 12.6 Å². The molecule has 0 radical (unpaired) electrons. The number of nitrogens with zero attached hydrogens (tertiary/aromatic N) is 1. The van der Waals surface area contributed by atoms with E-state index in [1.54, 1.807) is 11.9 Å². The summed E-state index contributed by atoms with van der Waals surface area (Å²) in [5.74, 6) is 5.56. The van der Waals surface area contributed by atoms with Crippen LogP contribution in [0.25, 0.3) is 0 Å². The number of carbonyl (C=O) groups excluding carboxylic acids is 1. The third kappa shape index (κ3) is 1.69. The van der Waals surface area contributed by atoms with Crippen molar-refractivity contribution in [2.75, 3.05) is 19.0 Å². The number of likely N-dealkylation sites (N-methyl/N-ethyl adjacent to an activating group) is 1. The molecule has 0 fully saturated rings. The number of nitrogens with one attached hydrogen (secondary N) is 2. The lowest BCUT2D eigenvalue weighted by Gasteiger charge is -2.17. The number of carbonyl (C=O) groups is 1. The first-order chi connectivity index (χ1) is 7.67. The molecule has 1 aliphatic rings. The minimum atomic E-state index is -0.0914. The van der Waals surface area contributed by atoms with Gasteiger partial charge in [0.15, 0.2) is 0 Å². The molecule has 0 saturated carbocycles. The number of fused-ring (bicyclic) bond motifs is 1. The van der Waals surface area contributed by atoms with Crippen LogP contribution in [-0.2, 0) is 11.2 Å². The Balaban J connectivity index is 2.35. The van der Waals surface area contributed by atoms with Crippen molar-refractivity contribution < 1.29 is 4.79 Å². The van der Waals surface area contributed by atoms with Gasteiger partial charge in [0.2, 0.25) is 5.91 Å². The maximum Gasteiger partial charge on any atom is 0.231 e. The standard InChI is InChI=1S/C11H16N4O/c1-13-11(14-12)7-3-4-9-8(5-7)6-10(16)15(9)2/h3-5,11,13-14H,6,12H2,1-2H3. The Bertz CT molecular complexity index is 414. The van der Waals surface area contributed by atoms with Gasteiger partial charge in [-0.15, -0.1) is 0 Å². The average molecular weight is 220 g/mol. The zero-order chi connectivity index (χ0) is 11.7. The van der Waals surface area contributed by atoms with Gasteiger partial charge in [0.1, 0.15) is 0 Å². The smallest absolute Gasteiger partial charge is 0.231 e. The van der Waals surface area contributed by atoms with Crippen LogP contribution in [0.15, 0.2) is 18.2 Å². The van der Waals surface area contributed by atoms with E-state index in [1.807, 2.05) is 25.2 Å². The van der Waals surface area contributed by atoms with Crippen LogP contribution in [0.2, 0.25) is 0 Å². The number of benzene rings is 1. The van der Waals surface area contributed by atoms with E-state index in [2.05, 4.69) is 10.7 Å². The second kappa shape index (κ2) is 4.21. The normalized spacial score (nSPS) is 16.4. The minimum absolute atomic E-state index is 0.0914. The topological polar surface area (TPSA) is 70.4 Å². The molecular weight excluding hydrogens is 204 g/mol. The fourth-order valence-corrected chi connectivity index (χ4v) is 2.02. The van der Waals surface area contributed by atoms with Crippen LogP contribution in [0.5, 0.6) is 0 Å². The van der Waals surface area contributed by atoms with Crippen molar-refractivity contribution in [3.63, 3.8) is 0 Å². The summed E-state index contributed by atoms with van der Waals surface area (Å²) in [4.78, 5) is 13.2. The number of anilines is 1. The summed E-state index contributed by atoms with van der Waals surface area (Å²) in [5.41, 5.74) is 5.75. The van der Waals surface area contributed by atoms with E-state index in [9.17, 15) is 4.79 Å². The van der Waals surface area contributed by atoms with Crippen molar-refractivity contribution in [3.05, 3.63) is 29.3 Å². The van der Waals surface area contributed by atoms with Crippen LogP contribution in [-0.4, -0.2) is 20.0 Å². The molecule has 1 unspecified atom stereocenters. The van der Waals surface area contributed by atoms with E-state index in [0.29, 0.717) is 6.42 Å². The Hall–Kier alpha value is -1.43. The monoisotopic (exact) mass is 220 g/mol. The summed E-state index contributed by atoms with van der Waals surface area (Å²) >= 11 is 0. The van der Waals surface area contributed by atoms with Crippen molar-refractivity contribution in [1.82, 2.24) is 10.7 Å². The van der Waals surface area contributed by atoms with Crippen LogP contribution < -0.4 is 21.5 Å². The SMILES string of the molecule is CNC(NN)c1ccc2c(c1)CC(=O)N2C. The molecule has 1 amide bonds. The van der Waals surface area contributed by atoms with Gasteiger partial charge in [-0.2, -0.15) is 0 Å². The van der Waals surface area contributed by atoms with Gasteiger partial charge in [0.25, 0.3) is 0 Å². The molecule has 86 valence electrons. The highest BCUT2D eigenvalue weighted by atomic mass is 16.2. The van der Waals surface area contributed by atoms with E-state index < -0.39 is 0 Å². The first-order valence-electron chi connectivity index (χ1n) is 5.20. The molecule has 5 heteroatoms. The van der Waals surface area contributed by atoms with Crippen LogP contribution in [0.4, 0.5) is 5.69 Å². The fraction of sp³-hybridized carbons (Fsp3) is 0.364. The summed E-state index contributed by atoms with van der Waals surface area (Å²) in [6.07, 6.45) is 0.382. The van der Waals surface area contributed by atoms with Crippen molar-refractivity contribution in [2.24, 2.45) is 5.84 Å². The maximum atomic E-state index is 11.5. The molecule has 0 saturated heterocycles. The molecule has 1 atom stereocenters. The summed E-state index contributed by atoms with van der Waals surface area (Å²) in [6, 6.07) is 5.93. The Morgan fingerprint density at radius 1 is 1.50 bits per heavy atom. The van der Waals surface area contributed by atoms with Gasteiger partial charge in [-0.3, -0.25) is 10.6 Å². The maximum absolute atomic E-state index is 11.5. The van der Waals surface area contributed by atoms with E-state index >= 15 is 0 Å². The zero-order valence-corrected chi connectivity index (χ0v) is 9.45. The molecule has 1 aliphatic heterocycles. The van der Waals surface area contributed by atoms with Crippen molar-refractivity contribution in [3.8, 4) is 0 Å². The zero-order valence-electron chi connectivity index (χ0n) is 9.45. The molecule has 1 aromatic rings. The number of hydrogen-bond donors (Lipinski definition) is 3. The molecule has 16 heavy (non-hydrogen) atoms. The molecule has 1 aromatic carbocycles. The summed E-state index contributed by atoms with van der Waals surface area (Å²) in [6.45, 7) is 0. The van der Waals surface area contributed by atoms with Gasteiger partial charge in [-0.1, -0.05) is 12.1 Å². The third-order valence-electron chi connectivity index (χ3n) is 2.97. The van der Waals surface area contributed by atoms with E-state index in [1.165, 1.54) is 0 Å². The predicted molar refractivity (Wildman–Crippen MR) is 62.7 cm³/mol. The van der Waals surface area contributed by atoms with Crippen LogP contribution in [0.1, 0.15) is 17.3 Å². The highest BCUT2D eigenvalue weighted by Gasteiger charge is 2.24. The predicted octanol–water partition coefficient (Wildman–Crippen LogP) is -0.113. The molecule has 0 bridgehead atoms. The van der Waals surface area contributed by atoms with E-state index in [0.717, 1.165) is 16.8 Å². The Morgan fingerprint density at radius 3 is 2.88 bits per heavy atom. The van der Waals surface area contributed by atoms with E-state index in [-0.39, 0.29) is 12.1 Å². The highest BCUT2D eigenvalue weighted by molar-refractivity contribution is 6.00. The Kier molecular flexibility index (Phi) is 2.91. The Morgan fingerprint density at radius 2 is 2.25 bits per heavy atom. The molecule has 1 heterocycles.